The Hall–Kier alpha value is -1.86. The number of carbonyl (C=O) groups is 1. The molecule has 0 radical (unpaired) electrons. The number of nitrogens with one attached hydrogen (secondary N) is 2. The first-order valence-electron chi connectivity index (χ1n) is 10.4. The van der Waals surface area contributed by atoms with Crippen LogP contribution in [0.5, 0.6) is 0 Å². The standard InChI is InChI=1S/C22H36N2O4S/c1-5-6-7-8-9-12-16-24-29(26,27)17-15-19-13-10-11-14-20(19)18-23-21(25)28-22(2,3)4/h10-11,13-15,17,24H,5-9,12,16,18H2,1-4H3,(H,23,25)/b17-15+. The minimum atomic E-state index is -3.49. The lowest BCUT2D eigenvalue weighted by molar-refractivity contribution is 0.0523. The van der Waals surface area contributed by atoms with E-state index in [-0.39, 0.29) is 6.54 Å². The maximum Gasteiger partial charge on any atom is 0.407 e. The minimum Gasteiger partial charge on any atom is -0.444 e. The molecule has 164 valence electrons. The summed E-state index contributed by atoms with van der Waals surface area (Å²) >= 11 is 0. The Morgan fingerprint density at radius 3 is 2.41 bits per heavy atom. The van der Waals surface area contributed by atoms with Gasteiger partial charge in [-0.25, -0.2) is 17.9 Å². The number of hydrogen-bond donors (Lipinski definition) is 2. The smallest absolute Gasteiger partial charge is 0.407 e. The molecule has 0 aromatic heterocycles. The largest absolute Gasteiger partial charge is 0.444 e. The molecule has 0 spiro atoms. The van der Waals surface area contributed by atoms with Gasteiger partial charge in [0.15, 0.2) is 0 Å². The highest BCUT2D eigenvalue weighted by Gasteiger charge is 2.16. The molecule has 29 heavy (non-hydrogen) atoms. The van der Waals surface area contributed by atoms with Crippen molar-refractivity contribution in [2.45, 2.75) is 78.4 Å². The highest BCUT2D eigenvalue weighted by atomic mass is 32.2. The van der Waals surface area contributed by atoms with E-state index in [1.807, 2.05) is 24.3 Å². The van der Waals surface area contributed by atoms with Gasteiger partial charge in [-0.2, -0.15) is 0 Å². The summed E-state index contributed by atoms with van der Waals surface area (Å²) in [5.41, 5.74) is 0.966. The van der Waals surface area contributed by atoms with Crippen LogP contribution in [0.1, 0.15) is 77.3 Å². The molecule has 0 unspecified atom stereocenters. The van der Waals surface area contributed by atoms with E-state index in [0.717, 1.165) is 30.4 Å². The monoisotopic (exact) mass is 424 g/mol. The van der Waals surface area contributed by atoms with Gasteiger partial charge >= 0.3 is 6.09 Å². The molecule has 0 bridgehead atoms. The molecule has 7 heteroatoms. The summed E-state index contributed by atoms with van der Waals surface area (Å²) in [6.45, 7) is 8.26. The molecule has 0 heterocycles. The number of sulfonamides is 1. The van der Waals surface area contributed by atoms with Gasteiger partial charge in [-0.1, -0.05) is 63.3 Å². The van der Waals surface area contributed by atoms with Crippen LogP contribution in [-0.4, -0.2) is 26.7 Å². The van der Waals surface area contributed by atoms with Crippen molar-refractivity contribution in [2.24, 2.45) is 0 Å². The quantitative estimate of drug-likeness (QED) is 0.464. The summed E-state index contributed by atoms with van der Waals surface area (Å²) in [7, 11) is -3.49. The van der Waals surface area contributed by atoms with Crippen LogP contribution in [0.25, 0.3) is 6.08 Å². The highest BCUT2D eigenvalue weighted by molar-refractivity contribution is 7.92. The van der Waals surface area contributed by atoms with Gasteiger partial charge in [-0.3, -0.25) is 0 Å². The number of rotatable bonds is 12. The van der Waals surface area contributed by atoms with E-state index >= 15 is 0 Å². The second-order valence-corrected chi connectivity index (χ2v) is 9.71. The van der Waals surface area contributed by atoms with Crippen LogP contribution >= 0.6 is 0 Å². The van der Waals surface area contributed by atoms with Crippen molar-refractivity contribution in [1.82, 2.24) is 10.0 Å². The van der Waals surface area contributed by atoms with E-state index < -0.39 is 21.7 Å². The topological polar surface area (TPSA) is 84.5 Å². The summed E-state index contributed by atoms with van der Waals surface area (Å²) < 4.78 is 32.2. The van der Waals surface area contributed by atoms with Crippen molar-refractivity contribution in [3.05, 3.63) is 40.8 Å². The van der Waals surface area contributed by atoms with Crippen molar-refractivity contribution in [3.63, 3.8) is 0 Å². The maximum atomic E-state index is 12.2. The van der Waals surface area contributed by atoms with Gasteiger partial charge < -0.3 is 10.1 Å². The zero-order valence-electron chi connectivity index (χ0n) is 18.2. The molecule has 0 saturated carbocycles. The minimum absolute atomic E-state index is 0.251. The molecule has 0 aliphatic carbocycles. The molecule has 0 atom stereocenters. The molecule has 0 saturated heterocycles. The van der Waals surface area contributed by atoms with Gasteiger partial charge in [0.05, 0.1) is 0 Å². The molecule has 1 rings (SSSR count). The van der Waals surface area contributed by atoms with Crippen molar-refractivity contribution in [3.8, 4) is 0 Å². The summed E-state index contributed by atoms with van der Waals surface area (Å²) in [4.78, 5) is 11.8. The maximum absolute atomic E-state index is 12.2. The van der Waals surface area contributed by atoms with Gasteiger partial charge in [-0.05, 0) is 44.4 Å². The van der Waals surface area contributed by atoms with Gasteiger partial charge in [0.2, 0.25) is 10.0 Å². The van der Waals surface area contributed by atoms with E-state index in [9.17, 15) is 13.2 Å². The van der Waals surface area contributed by atoms with Crippen LogP contribution in [0.2, 0.25) is 0 Å². The molecular weight excluding hydrogens is 388 g/mol. The zero-order valence-corrected chi connectivity index (χ0v) is 19.0. The first-order chi connectivity index (χ1) is 13.6. The molecule has 1 aromatic rings. The molecule has 0 fully saturated rings. The fourth-order valence-corrected chi connectivity index (χ4v) is 3.52. The molecular formula is C22H36N2O4S. The Balaban J connectivity index is 2.55. The zero-order chi connectivity index (χ0) is 21.8. The average molecular weight is 425 g/mol. The number of ether oxygens (including phenoxy) is 1. The van der Waals surface area contributed by atoms with E-state index in [1.54, 1.807) is 26.8 Å². The van der Waals surface area contributed by atoms with E-state index in [0.29, 0.717) is 6.54 Å². The third-order valence-corrected chi connectivity index (χ3v) is 5.24. The average Bonchev–Trinajstić information content (AvgIpc) is 2.63. The Kier molecular flexibility index (Phi) is 11.0. The van der Waals surface area contributed by atoms with Gasteiger partial charge in [0.1, 0.15) is 5.60 Å². The molecule has 0 aliphatic heterocycles. The summed E-state index contributed by atoms with van der Waals surface area (Å²) in [6.07, 6.45) is 7.70. The second-order valence-electron chi connectivity index (χ2n) is 8.06. The van der Waals surface area contributed by atoms with Crippen LogP contribution in [0.4, 0.5) is 4.79 Å². The van der Waals surface area contributed by atoms with Crippen LogP contribution in [-0.2, 0) is 21.3 Å². The predicted octanol–water partition coefficient (Wildman–Crippen LogP) is 4.96. The fraction of sp³-hybridized carbons (Fsp3) is 0.591. The van der Waals surface area contributed by atoms with E-state index in [2.05, 4.69) is 17.0 Å². The van der Waals surface area contributed by atoms with Crippen LogP contribution in [0.15, 0.2) is 29.7 Å². The highest BCUT2D eigenvalue weighted by Crippen LogP contribution is 2.13. The van der Waals surface area contributed by atoms with Crippen LogP contribution in [0, 0.1) is 0 Å². The lowest BCUT2D eigenvalue weighted by atomic mass is 10.1. The first kappa shape index (κ1) is 25.2. The number of carbonyl (C=O) groups excluding carboxylic acids is 1. The van der Waals surface area contributed by atoms with Gasteiger partial charge in [0.25, 0.3) is 0 Å². The molecule has 2 N–H and O–H groups in total. The first-order valence-corrected chi connectivity index (χ1v) is 11.9. The number of alkyl carbamates (subject to hydrolysis) is 1. The molecule has 0 aliphatic rings. The van der Waals surface area contributed by atoms with Gasteiger partial charge in [-0.15, -0.1) is 0 Å². The SMILES string of the molecule is CCCCCCCCNS(=O)(=O)/C=C/c1ccccc1CNC(=O)OC(C)(C)C. The third kappa shape index (κ3) is 12.3. The Labute approximate surface area is 176 Å². The van der Waals surface area contributed by atoms with E-state index in [1.165, 1.54) is 24.7 Å². The molecule has 1 aromatic carbocycles. The predicted molar refractivity (Wildman–Crippen MR) is 119 cm³/mol. The molecule has 6 nitrogen and oxygen atoms in total. The fourth-order valence-electron chi connectivity index (χ4n) is 2.67. The summed E-state index contributed by atoms with van der Waals surface area (Å²) in [5, 5.41) is 3.87. The third-order valence-electron chi connectivity index (χ3n) is 4.14. The number of amides is 1. The number of benzene rings is 1. The lowest BCUT2D eigenvalue weighted by Gasteiger charge is -2.19. The van der Waals surface area contributed by atoms with Crippen molar-refractivity contribution in [2.75, 3.05) is 6.54 Å². The summed E-state index contributed by atoms with van der Waals surface area (Å²) in [6, 6.07) is 7.32. The Bertz CT molecular complexity index is 752. The Morgan fingerprint density at radius 1 is 1.07 bits per heavy atom. The van der Waals surface area contributed by atoms with Crippen molar-refractivity contribution < 1.29 is 17.9 Å². The van der Waals surface area contributed by atoms with Crippen LogP contribution in [0.3, 0.4) is 0 Å². The summed E-state index contributed by atoms with van der Waals surface area (Å²) in [5.74, 6) is 0. The molecule has 1 amide bonds. The van der Waals surface area contributed by atoms with Crippen molar-refractivity contribution in [1.29, 1.82) is 0 Å². The Morgan fingerprint density at radius 2 is 1.72 bits per heavy atom. The normalized spacial score (nSPS) is 12.3. The lowest BCUT2D eigenvalue weighted by Crippen LogP contribution is -2.32. The van der Waals surface area contributed by atoms with E-state index in [4.69, 9.17) is 4.74 Å². The van der Waals surface area contributed by atoms with Gasteiger partial charge in [0, 0.05) is 18.5 Å². The second kappa shape index (κ2) is 12.6. The van der Waals surface area contributed by atoms with Crippen molar-refractivity contribution >= 4 is 22.2 Å². The number of hydrogen-bond acceptors (Lipinski definition) is 4. The van der Waals surface area contributed by atoms with Crippen LogP contribution < -0.4 is 10.0 Å². The number of unbranched alkanes of at least 4 members (excludes halogenated alkanes) is 5.